The number of pyridine rings is 1. The summed E-state index contributed by atoms with van der Waals surface area (Å²) in [5.74, 6) is 0. The van der Waals surface area contributed by atoms with E-state index in [1.807, 2.05) is 0 Å². The van der Waals surface area contributed by atoms with Crippen molar-refractivity contribution < 1.29 is 13.2 Å². The minimum absolute atomic E-state index is 0.0437. The van der Waals surface area contributed by atoms with E-state index in [0.29, 0.717) is 5.56 Å². The van der Waals surface area contributed by atoms with Crippen molar-refractivity contribution >= 4 is 23.2 Å². The van der Waals surface area contributed by atoms with Crippen molar-refractivity contribution in [1.29, 1.82) is 0 Å². The molecule has 0 fully saturated rings. The van der Waals surface area contributed by atoms with E-state index in [1.165, 1.54) is 12.1 Å². The van der Waals surface area contributed by atoms with Crippen molar-refractivity contribution in [2.45, 2.75) is 25.1 Å². The SMILES string of the molecule is N[C@H](CCC(F)(F)F)c1ccc(Cl)nc1Cl. The highest BCUT2D eigenvalue weighted by atomic mass is 35.5. The van der Waals surface area contributed by atoms with Crippen LogP contribution < -0.4 is 5.73 Å². The standard InChI is InChI=1S/C9H9Cl2F3N2/c10-7-2-1-5(8(11)16-7)6(15)3-4-9(12,13)14/h1-2,6H,3-4,15H2/t6-/m1/s1. The number of hydrogen-bond acceptors (Lipinski definition) is 2. The Morgan fingerprint density at radius 2 is 1.94 bits per heavy atom. The van der Waals surface area contributed by atoms with Crippen LogP contribution in [0.1, 0.15) is 24.4 Å². The summed E-state index contributed by atoms with van der Waals surface area (Å²) in [5.41, 5.74) is 5.96. The molecule has 1 rings (SSSR count). The average Bonchev–Trinajstić information content (AvgIpc) is 2.13. The van der Waals surface area contributed by atoms with Crippen LogP contribution in [0.15, 0.2) is 12.1 Å². The Labute approximate surface area is 101 Å². The summed E-state index contributed by atoms with van der Waals surface area (Å²) in [7, 11) is 0. The molecule has 1 aromatic rings. The maximum Gasteiger partial charge on any atom is 0.389 e. The number of hydrogen-bond donors (Lipinski definition) is 1. The molecule has 0 amide bonds. The lowest BCUT2D eigenvalue weighted by molar-refractivity contribution is -0.136. The first-order valence-corrected chi connectivity index (χ1v) is 5.19. The van der Waals surface area contributed by atoms with Crippen LogP contribution in [0, 0.1) is 0 Å². The van der Waals surface area contributed by atoms with Crippen LogP contribution in [0.3, 0.4) is 0 Å². The highest BCUT2D eigenvalue weighted by molar-refractivity contribution is 6.32. The minimum Gasteiger partial charge on any atom is -0.324 e. The maximum atomic E-state index is 12.0. The molecule has 0 saturated carbocycles. The Bertz CT molecular complexity index is 368. The fraction of sp³-hybridized carbons (Fsp3) is 0.444. The zero-order chi connectivity index (χ0) is 12.3. The molecule has 0 aliphatic rings. The Kier molecular flexibility index (Phi) is 4.41. The van der Waals surface area contributed by atoms with Gasteiger partial charge in [0.2, 0.25) is 0 Å². The number of alkyl halides is 3. The van der Waals surface area contributed by atoms with Gasteiger partial charge in [0, 0.05) is 18.0 Å². The van der Waals surface area contributed by atoms with Gasteiger partial charge in [0.1, 0.15) is 10.3 Å². The molecule has 7 heteroatoms. The third-order valence-electron chi connectivity index (χ3n) is 1.98. The van der Waals surface area contributed by atoms with Crippen LogP contribution in [-0.2, 0) is 0 Å². The molecule has 2 N–H and O–H groups in total. The van der Waals surface area contributed by atoms with Gasteiger partial charge in [-0.2, -0.15) is 13.2 Å². The molecule has 1 heterocycles. The number of halogens is 5. The van der Waals surface area contributed by atoms with E-state index in [-0.39, 0.29) is 16.7 Å². The zero-order valence-electron chi connectivity index (χ0n) is 8.06. The normalized spacial score (nSPS) is 13.9. The van der Waals surface area contributed by atoms with E-state index in [1.54, 1.807) is 0 Å². The first kappa shape index (κ1) is 13.5. The smallest absolute Gasteiger partial charge is 0.324 e. The van der Waals surface area contributed by atoms with Crippen molar-refractivity contribution in [3.8, 4) is 0 Å². The second-order valence-electron chi connectivity index (χ2n) is 3.27. The summed E-state index contributed by atoms with van der Waals surface area (Å²) in [6.07, 6.45) is -5.40. The Balaban J connectivity index is 2.70. The largest absolute Gasteiger partial charge is 0.389 e. The van der Waals surface area contributed by atoms with Gasteiger partial charge < -0.3 is 5.73 Å². The average molecular weight is 273 g/mol. The van der Waals surface area contributed by atoms with Gasteiger partial charge in [0.25, 0.3) is 0 Å². The van der Waals surface area contributed by atoms with Gasteiger partial charge in [-0.25, -0.2) is 4.98 Å². The minimum atomic E-state index is -4.22. The van der Waals surface area contributed by atoms with Gasteiger partial charge in [-0.15, -0.1) is 0 Å². The summed E-state index contributed by atoms with van der Waals surface area (Å²) in [6, 6.07) is 2.13. The highest BCUT2D eigenvalue weighted by Crippen LogP contribution is 2.29. The van der Waals surface area contributed by atoms with Crippen molar-refractivity contribution in [2.24, 2.45) is 5.73 Å². The van der Waals surface area contributed by atoms with E-state index < -0.39 is 18.6 Å². The molecule has 0 aromatic carbocycles. The second kappa shape index (κ2) is 5.21. The fourth-order valence-electron chi connectivity index (χ4n) is 1.17. The Morgan fingerprint density at radius 3 is 2.44 bits per heavy atom. The van der Waals surface area contributed by atoms with E-state index in [0.717, 1.165) is 0 Å². The van der Waals surface area contributed by atoms with Gasteiger partial charge in [-0.3, -0.25) is 0 Å². The molecule has 0 spiro atoms. The van der Waals surface area contributed by atoms with Crippen molar-refractivity contribution in [1.82, 2.24) is 4.98 Å². The van der Waals surface area contributed by atoms with Crippen LogP contribution in [0.25, 0.3) is 0 Å². The van der Waals surface area contributed by atoms with Gasteiger partial charge in [0.05, 0.1) is 0 Å². The molecule has 0 aliphatic carbocycles. The number of aromatic nitrogens is 1. The van der Waals surface area contributed by atoms with Crippen LogP contribution in [0.4, 0.5) is 13.2 Å². The molecular weight excluding hydrogens is 264 g/mol. The van der Waals surface area contributed by atoms with Crippen LogP contribution in [0.5, 0.6) is 0 Å². The first-order valence-electron chi connectivity index (χ1n) is 4.44. The number of nitrogens with two attached hydrogens (primary N) is 1. The Morgan fingerprint density at radius 1 is 1.31 bits per heavy atom. The maximum absolute atomic E-state index is 12.0. The molecule has 16 heavy (non-hydrogen) atoms. The van der Waals surface area contributed by atoms with E-state index in [2.05, 4.69) is 4.98 Å². The number of nitrogens with zero attached hydrogens (tertiary/aromatic N) is 1. The number of rotatable bonds is 3. The van der Waals surface area contributed by atoms with Crippen LogP contribution in [0.2, 0.25) is 10.3 Å². The summed E-state index contributed by atoms with van der Waals surface area (Å²) >= 11 is 11.3. The molecule has 1 atom stereocenters. The monoisotopic (exact) mass is 272 g/mol. The molecule has 0 aliphatic heterocycles. The van der Waals surface area contributed by atoms with Gasteiger partial charge in [-0.05, 0) is 12.5 Å². The molecule has 2 nitrogen and oxygen atoms in total. The summed E-state index contributed by atoms with van der Waals surface area (Å²) in [5, 5.41) is 0.221. The van der Waals surface area contributed by atoms with Crippen molar-refractivity contribution in [2.75, 3.05) is 0 Å². The summed E-state index contributed by atoms with van der Waals surface area (Å²) in [4.78, 5) is 3.71. The Hall–Kier alpha value is -0.520. The molecule has 0 saturated heterocycles. The molecule has 0 bridgehead atoms. The van der Waals surface area contributed by atoms with Crippen molar-refractivity contribution in [3.63, 3.8) is 0 Å². The lowest BCUT2D eigenvalue weighted by atomic mass is 10.1. The predicted molar refractivity (Wildman–Crippen MR) is 56.5 cm³/mol. The van der Waals surface area contributed by atoms with Crippen LogP contribution in [-0.4, -0.2) is 11.2 Å². The molecule has 0 unspecified atom stereocenters. The molecule has 90 valence electrons. The predicted octanol–water partition coefficient (Wildman–Crippen LogP) is 3.73. The third-order valence-corrected chi connectivity index (χ3v) is 2.50. The topological polar surface area (TPSA) is 38.9 Å². The highest BCUT2D eigenvalue weighted by Gasteiger charge is 2.28. The summed E-state index contributed by atoms with van der Waals surface area (Å²) in [6.45, 7) is 0. The summed E-state index contributed by atoms with van der Waals surface area (Å²) < 4.78 is 35.9. The van der Waals surface area contributed by atoms with E-state index >= 15 is 0 Å². The molecule has 1 aromatic heterocycles. The van der Waals surface area contributed by atoms with Crippen molar-refractivity contribution in [3.05, 3.63) is 28.0 Å². The van der Waals surface area contributed by atoms with Gasteiger partial charge in [0.15, 0.2) is 0 Å². The quantitative estimate of drug-likeness (QED) is 0.852. The van der Waals surface area contributed by atoms with Crippen LogP contribution >= 0.6 is 23.2 Å². The first-order chi connectivity index (χ1) is 7.29. The van der Waals surface area contributed by atoms with Gasteiger partial charge >= 0.3 is 6.18 Å². The van der Waals surface area contributed by atoms with Gasteiger partial charge in [-0.1, -0.05) is 29.3 Å². The van der Waals surface area contributed by atoms with E-state index in [4.69, 9.17) is 28.9 Å². The zero-order valence-corrected chi connectivity index (χ0v) is 9.57. The van der Waals surface area contributed by atoms with E-state index in [9.17, 15) is 13.2 Å². The molecule has 0 radical (unpaired) electrons. The lowest BCUT2D eigenvalue weighted by Crippen LogP contribution is -2.16. The molecular formula is C9H9Cl2F3N2. The second-order valence-corrected chi connectivity index (χ2v) is 4.02. The third kappa shape index (κ3) is 4.15. The fourth-order valence-corrected chi connectivity index (χ4v) is 1.66. The lowest BCUT2D eigenvalue weighted by Gasteiger charge is -2.14.